The van der Waals surface area contributed by atoms with Gasteiger partial charge >= 0.3 is 0 Å². The van der Waals surface area contributed by atoms with Crippen LogP contribution in [-0.4, -0.2) is 50.7 Å². The Morgan fingerprint density at radius 1 is 1.23 bits per heavy atom. The molecule has 154 valence electrons. The van der Waals surface area contributed by atoms with Crippen molar-refractivity contribution in [2.24, 2.45) is 0 Å². The molecule has 30 heavy (non-hydrogen) atoms. The number of aromatic nitrogens is 4. The van der Waals surface area contributed by atoms with Crippen LogP contribution in [0.5, 0.6) is 0 Å². The van der Waals surface area contributed by atoms with Gasteiger partial charge in [-0.25, -0.2) is 15.0 Å². The van der Waals surface area contributed by atoms with E-state index in [4.69, 9.17) is 0 Å². The van der Waals surface area contributed by atoms with Crippen molar-refractivity contribution in [3.8, 4) is 0 Å². The van der Waals surface area contributed by atoms with E-state index in [1.807, 2.05) is 29.3 Å². The summed E-state index contributed by atoms with van der Waals surface area (Å²) in [5.74, 6) is 1.48. The average molecular weight is 422 g/mol. The maximum atomic E-state index is 13.2. The minimum absolute atomic E-state index is 0.0536. The molecule has 0 bridgehead atoms. The van der Waals surface area contributed by atoms with Gasteiger partial charge in [0.1, 0.15) is 11.8 Å². The van der Waals surface area contributed by atoms with Gasteiger partial charge in [-0.15, -0.1) is 11.8 Å². The number of thioether (sulfide) groups is 1. The number of amides is 1. The van der Waals surface area contributed by atoms with Gasteiger partial charge in [0.25, 0.3) is 5.91 Å². The van der Waals surface area contributed by atoms with Gasteiger partial charge in [-0.1, -0.05) is 30.3 Å². The summed E-state index contributed by atoms with van der Waals surface area (Å²) in [5.41, 5.74) is 2.52. The highest BCUT2D eigenvalue weighted by Gasteiger charge is 2.29. The number of hydrogen-bond donors (Lipinski definition) is 3. The summed E-state index contributed by atoms with van der Waals surface area (Å²) in [6.07, 6.45) is 7.18. The van der Waals surface area contributed by atoms with E-state index in [2.05, 4.69) is 42.7 Å². The third-order valence-electron chi connectivity index (χ3n) is 5.51. The van der Waals surface area contributed by atoms with Crippen LogP contribution in [0, 0.1) is 0 Å². The standard InChI is InChI=1S/C21H23N7OS/c29-21(27-17(15-7-4-8-22-15)14-5-2-1-3-6-14)16-11-28(9-10-30-16)20-18-19(24-12-23-18)25-13-26-20/h1-3,5-6,11-13,15,17,22H,4,7-10H2,(H,27,29)(H,23,24,25,26)/t15-,17?/m0/s1. The first-order valence-electron chi connectivity index (χ1n) is 10.1. The molecule has 3 aromatic rings. The Kier molecular flexibility index (Phi) is 5.37. The van der Waals surface area contributed by atoms with Crippen LogP contribution in [-0.2, 0) is 4.79 Å². The second-order valence-corrected chi connectivity index (χ2v) is 8.54. The summed E-state index contributed by atoms with van der Waals surface area (Å²) in [6, 6.07) is 10.4. The van der Waals surface area contributed by atoms with Gasteiger partial charge in [-0.2, -0.15) is 0 Å². The molecule has 2 atom stereocenters. The Labute approximate surface area is 178 Å². The van der Waals surface area contributed by atoms with Crippen molar-refractivity contribution in [1.82, 2.24) is 30.6 Å². The molecular formula is C21H23N7OS. The fraction of sp³-hybridized carbons (Fsp3) is 0.333. The Balaban J connectivity index is 1.39. The molecule has 2 aliphatic heterocycles. The van der Waals surface area contributed by atoms with Gasteiger partial charge in [0.2, 0.25) is 0 Å². The molecule has 0 radical (unpaired) electrons. The SMILES string of the molecule is O=C(NC(c1ccccc1)[C@@H]1CCCN1)C1=CN(c2ncnc3nc[nH]c23)CCS1. The summed E-state index contributed by atoms with van der Waals surface area (Å²) in [5, 5.41) is 6.81. The molecule has 0 spiro atoms. The van der Waals surface area contributed by atoms with Crippen molar-refractivity contribution in [2.45, 2.75) is 24.9 Å². The van der Waals surface area contributed by atoms with Gasteiger partial charge in [-0.05, 0) is 24.9 Å². The van der Waals surface area contributed by atoms with Crippen LogP contribution in [0.3, 0.4) is 0 Å². The van der Waals surface area contributed by atoms with Crippen LogP contribution in [0.1, 0.15) is 24.4 Å². The van der Waals surface area contributed by atoms with Crippen molar-refractivity contribution in [3.05, 3.63) is 59.7 Å². The largest absolute Gasteiger partial charge is 0.343 e. The number of hydrogen-bond acceptors (Lipinski definition) is 7. The van der Waals surface area contributed by atoms with E-state index < -0.39 is 0 Å². The van der Waals surface area contributed by atoms with Gasteiger partial charge in [-0.3, -0.25) is 4.79 Å². The summed E-state index contributed by atoms with van der Waals surface area (Å²) in [7, 11) is 0. The van der Waals surface area contributed by atoms with E-state index >= 15 is 0 Å². The van der Waals surface area contributed by atoms with Crippen molar-refractivity contribution in [1.29, 1.82) is 0 Å². The molecular weight excluding hydrogens is 398 g/mol. The average Bonchev–Trinajstić information content (AvgIpc) is 3.50. The van der Waals surface area contributed by atoms with E-state index in [9.17, 15) is 4.79 Å². The lowest BCUT2D eigenvalue weighted by atomic mass is 9.98. The van der Waals surface area contributed by atoms with Gasteiger partial charge < -0.3 is 20.5 Å². The van der Waals surface area contributed by atoms with Crippen LogP contribution < -0.4 is 15.5 Å². The molecule has 9 heteroatoms. The van der Waals surface area contributed by atoms with E-state index in [1.54, 1.807) is 18.1 Å². The Morgan fingerprint density at radius 3 is 2.97 bits per heavy atom. The number of fused-ring (bicyclic) bond motifs is 1. The Morgan fingerprint density at radius 2 is 2.13 bits per heavy atom. The quantitative estimate of drug-likeness (QED) is 0.582. The van der Waals surface area contributed by atoms with E-state index in [0.29, 0.717) is 10.6 Å². The molecule has 5 rings (SSSR count). The van der Waals surface area contributed by atoms with Gasteiger partial charge in [0.05, 0.1) is 17.3 Å². The molecule has 1 saturated heterocycles. The number of H-pyrrole nitrogens is 1. The maximum absolute atomic E-state index is 13.2. The number of aromatic amines is 1. The predicted molar refractivity (Wildman–Crippen MR) is 118 cm³/mol. The number of anilines is 1. The van der Waals surface area contributed by atoms with E-state index in [1.165, 1.54) is 6.33 Å². The number of nitrogens with one attached hydrogen (secondary N) is 3. The zero-order valence-electron chi connectivity index (χ0n) is 16.4. The fourth-order valence-electron chi connectivity index (χ4n) is 4.04. The van der Waals surface area contributed by atoms with Gasteiger partial charge in [0, 0.05) is 24.5 Å². The highest BCUT2D eigenvalue weighted by Crippen LogP contribution is 2.29. The minimum Gasteiger partial charge on any atom is -0.343 e. The molecule has 2 aromatic heterocycles. The molecule has 1 amide bonds. The first kappa shape index (κ1) is 19.1. The molecule has 2 aliphatic rings. The summed E-state index contributed by atoms with van der Waals surface area (Å²) in [4.78, 5) is 31.8. The van der Waals surface area contributed by atoms with Crippen LogP contribution >= 0.6 is 11.8 Å². The Bertz CT molecular complexity index is 1060. The Hall–Kier alpha value is -2.91. The summed E-state index contributed by atoms with van der Waals surface area (Å²) < 4.78 is 0. The molecule has 1 aromatic carbocycles. The lowest BCUT2D eigenvalue weighted by molar-refractivity contribution is -0.117. The van der Waals surface area contributed by atoms with Crippen LogP contribution in [0.25, 0.3) is 11.2 Å². The lowest BCUT2D eigenvalue weighted by Crippen LogP contribution is -2.41. The van der Waals surface area contributed by atoms with Gasteiger partial charge in [0.15, 0.2) is 11.5 Å². The number of carbonyl (C=O) groups excluding carboxylic acids is 1. The monoisotopic (exact) mass is 421 g/mol. The van der Waals surface area contributed by atoms with Crippen molar-refractivity contribution in [2.75, 3.05) is 23.7 Å². The topological polar surface area (TPSA) is 98.8 Å². The zero-order chi connectivity index (χ0) is 20.3. The van der Waals surface area contributed by atoms with Crippen molar-refractivity contribution >= 4 is 34.7 Å². The highest BCUT2D eigenvalue weighted by molar-refractivity contribution is 8.04. The zero-order valence-corrected chi connectivity index (χ0v) is 17.2. The number of rotatable bonds is 5. The molecule has 1 fully saturated rings. The molecule has 8 nitrogen and oxygen atoms in total. The predicted octanol–water partition coefficient (Wildman–Crippen LogP) is 2.36. The number of carbonyl (C=O) groups is 1. The second-order valence-electron chi connectivity index (χ2n) is 7.40. The molecule has 0 aliphatic carbocycles. The fourth-order valence-corrected chi connectivity index (χ4v) is 4.94. The normalized spacial score (nSPS) is 20.2. The number of nitrogens with zero attached hydrogens (tertiary/aromatic N) is 4. The molecule has 4 heterocycles. The summed E-state index contributed by atoms with van der Waals surface area (Å²) in [6.45, 7) is 1.75. The van der Waals surface area contributed by atoms with Crippen LogP contribution in [0.4, 0.5) is 5.82 Å². The molecule has 0 saturated carbocycles. The second kappa shape index (κ2) is 8.45. The van der Waals surface area contributed by atoms with E-state index in [0.717, 1.165) is 48.6 Å². The minimum atomic E-state index is -0.0589. The third kappa shape index (κ3) is 3.78. The van der Waals surface area contributed by atoms with Crippen LogP contribution in [0.2, 0.25) is 0 Å². The van der Waals surface area contributed by atoms with E-state index in [-0.39, 0.29) is 18.0 Å². The first-order valence-corrected chi connectivity index (χ1v) is 11.1. The first-order chi connectivity index (χ1) is 14.8. The molecule has 3 N–H and O–H groups in total. The maximum Gasteiger partial charge on any atom is 0.259 e. The van der Waals surface area contributed by atoms with Crippen LogP contribution in [0.15, 0.2) is 54.1 Å². The smallest absolute Gasteiger partial charge is 0.259 e. The summed E-state index contributed by atoms with van der Waals surface area (Å²) >= 11 is 1.57. The lowest BCUT2D eigenvalue weighted by Gasteiger charge is -2.28. The van der Waals surface area contributed by atoms with Crippen molar-refractivity contribution < 1.29 is 4.79 Å². The number of imidazole rings is 1. The molecule has 1 unspecified atom stereocenters. The number of benzene rings is 1. The van der Waals surface area contributed by atoms with Crippen molar-refractivity contribution in [3.63, 3.8) is 0 Å². The third-order valence-corrected chi connectivity index (χ3v) is 6.50. The highest BCUT2D eigenvalue weighted by atomic mass is 32.2.